The van der Waals surface area contributed by atoms with Crippen molar-refractivity contribution in [2.75, 3.05) is 11.7 Å². The van der Waals surface area contributed by atoms with E-state index in [9.17, 15) is 19.2 Å². The average Bonchev–Trinajstić information content (AvgIpc) is 3.86. The molecule has 2 heterocycles. The molecule has 3 amide bonds. The summed E-state index contributed by atoms with van der Waals surface area (Å²) in [6.07, 6.45) is 5.61. The predicted octanol–water partition coefficient (Wildman–Crippen LogP) is 2.25. The van der Waals surface area contributed by atoms with Crippen molar-refractivity contribution in [2.45, 2.75) is 64.6 Å². The Morgan fingerprint density at radius 1 is 1.07 bits per heavy atom. The van der Waals surface area contributed by atoms with E-state index in [2.05, 4.69) is 20.7 Å². The first kappa shape index (κ1) is 27.1. The topological polar surface area (TPSA) is 170 Å². The third-order valence-corrected chi connectivity index (χ3v) is 6.74. The van der Waals surface area contributed by atoms with Crippen LogP contribution in [0.3, 0.4) is 0 Å². The summed E-state index contributed by atoms with van der Waals surface area (Å²) in [5, 5.41) is 10.2. The van der Waals surface area contributed by atoms with Crippen molar-refractivity contribution in [3.05, 3.63) is 53.0 Å². The van der Waals surface area contributed by atoms with Crippen LogP contribution in [-0.2, 0) is 14.3 Å². The van der Waals surface area contributed by atoms with Crippen molar-refractivity contribution in [2.24, 2.45) is 5.73 Å². The lowest BCUT2D eigenvalue weighted by Gasteiger charge is -2.24. The summed E-state index contributed by atoms with van der Waals surface area (Å²) in [7, 11) is 0. The van der Waals surface area contributed by atoms with Gasteiger partial charge < -0.3 is 25.8 Å². The Bertz CT molecular complexity index is 1490. The fourth-order valence-corrected chi connectivity index (χ4v) is 4.15. The highest BCUT2D eigenvalue weighted by Gasteiger charge is 2.31. The highest BCUT2D eigenvalue weighted by Crippen LogP contribution is 2.34. The second kappa shape index (κ2) is 10.9. The van der Waals surface area contributed by atoms with E-state index < -0.39 is 24.9 Å². The standard InChI is InChI=1S/C27H31N7O6/c1-14-4-5-17(24(35)31-18-6-7-18)10-21(14)34(27(38)40-13-39-26(37)16(3)28)23-22-15(2)20(11-33(22)30-12-29-23)25(36)32-19-8-9-19/h4-5,10-12,16,18-19H,6-9,13,28H2,1-3H3,(H,31,35)(H,32,36). The molecule has 0 bridgehead atoms. The summed E-state index contributed by atoms with van der Waals surface area (Å²) in [5.41, 5.74) is 8.15. The van der Waals surface area contributed by atoms with Crippen LogP contribution in [0, 0.1) is 13.8 Å². The Labute approximate surface area is 230 Å². The Balaban J connectivity index is 1.56. The van der Waals surface area contributed by atoms with E-state index in [-0.39, 0.29) is 29.7 Å². The van der Waals surface area contributed by atoms with Gasteiger partial charge in [0.25, 0.3) is 11.8 Å². The molecular formula is C27H31N7O6. The van der Waals surface area contributed by atoms with Gasteiger partial charge in [-0.2, -0.15) is 5.10 Å². The van der Waals surface area contributed by atoms with Crippen molar-refractivity contribution in [3.8, 4) is 0 Å². The minimum absolute atomic E-state index is 0.115. The number of benzene rings is 1. The van der Waals surface area contributed by atoms with Crippen molar-refractivity contribution in [3.63, 3.8) is 0 Å². The number of hydrogen-bond acceptors (Lipinski definition) is 9. The first-order chi connectivity index (χ1) is 19.1. The van der Waals surface area contributed by atoms with Crippen LogP contribution in [0.15, 0.2) is 30.7 Å². The molecular weight excluding hydrogens is 518 g/mol. The van der Waals surface area contributed by atoms with Crippen LogP contribution < -0.4 is 21.3 Å². The van der Waals surface area contributed by atoms with E-state index in [1.54, 1.807) is 38.2 Å². The molecule has 0 spiro atoms. The molecule has 2 saturated carbocycles. The maximum Gasteiger partial charge on any atom is 0.423 e. The Morgan fingerprint density at radius 3 is 2.40 bits per heavy atom. The van der Waals surface area contributed by atoms with Crippen molar-refractivity contribution >= 4 is 40.9 Å². The van der Waals surface area contributed by atoms with Gasteiger partial charge in [-0.3, -0.25) is 14.4 Å². The molecule has 4 N–H and O–H groups in total. The summed E-state index contributed by atoms with van der Waals surface area (Å²) < 4.78 is 11.7. The number of ether oxygens (including phenoxy) is 2. The third kappa shape index (κ3) is 5.73. The van der Waals surface area contributed by atoms with Crippen LogP contribution >= 0.6 is 0 Å². The lowest BCUT2D eigenvalue weighted by atomic mass is 10.1. The minimum atomic E-state index is -0.925. The third-order valence-electron chi connectivity index (χ3n) is 6.74. The van der Waals surface area contributed by atoms with E-state index in [0.717, 1.165) is 25.7 Å². The van der Waals surface area contributed by atoms with Crippen LogP contribution in [0.5, 0.6) is 0 Å². The zero-order valence-electron chi connectivity index (χ0n) is 22.5. The van der Waals surface area contributed by atoms with Crippen molar-refractivity contribution < 1.29 is 28.7 Å². The van der Waals surface area contributed by atoms with Crippen LogP contribution in [0.1, 0.15) is 64.4 Å². The molecule has 2 fully saturated rings. The number of carbonyl (C=O) groups is 4. The molecule has 1 atom stereocenters. The predicted molar refractivity (Wildman–Crippen MR) is 143 cm³/mol. The highest BCUT2D eigenvalue weighted by atomic mass is 16.7. The highest BCUT2D eigenvalue weighted by molar-refractivity contribution is 6.05. The van der Waals surface area contributed by atoms with E-state index in [4.69, 9.17) is 15.2 Å². The molecule has 40 heavy (non-hydrogen) atoms. The van der Waals surface area contributed by atoms with Gasteiger partial charge in [0.2, 0.25) is 6.79 Å². The fraction of sp³-hybridized carbons (Fsp3) is 0.407. The smallest absolute Gasteiger partial charge is 0.423 e. The maximum absolute atomic E-state index is 13.6. The van der Waals surface area contributed by atoms with E-state index in [1.165, 1.54) is 22.7 Å². The van der Waals surface area contributed by atoms with Crippen LogP contribution in [-0.4, -0.2) is 63.4 Å². The van der Waals surface area contributed by atoms with Crippen LogP contribution in [0.4, 0.5) is 16.3 Å². The van der Waals surface area contributed by atoms with Gasteiger partial charge in [0.05, 0.1) is 11.3 Å². The molecule has 0 radical (unpaired) electrons. The van der Waals surface area contributed by atoms with Gasteiger partial charge in [-0.15, -0.1) is 0 Å². The van der Waals surface area contributed by atoms with Gasteiger partial charge in [0, 0.05) is 23.8 Å². The number of nitrogens with zero attached hydrogens (tertiary/aromatic N) is 4. The molecule has 2 aromatic heterocycles. The van der Waals surface area contributed by atoms with E-state index in [1.807, 2.05) is 0 Å². The number of anilines is 2. The normalized spacial score (nSPS) is 15.3. The number of aryl methyl sites for hydroxylation is 2. The molecule has 3 aromatic rings. The summed E-state index contributed by atoms with van der Waals surface area (Å²) >= 11 is 0. The average molecular weight is 550 g/mol. The second-order valence-electron chi connectivity index (χ2n) is 10.2. The summed E-state index contributed by atoms with van der Waals surface area (Å²) in [5.74, 6) is -1.14. The largest absolute Gasteiger partial charge is 0.427 e. The van der Waals surface area contributed by atoms with Gasteiger partial charge in [-0.05, 0) is 69.7 Å². The number of nitrogens with two attached hydrogens (primary N) is 1. The molecule has 5 rings (SSSR count). The Kier molecular flexibility index (Phi) is 7.39. The number of fused-ring (bicyclic) bond motifs is 1. The van der Waals surface area contributed by atoms with E-state index >= 15 is 0 Å². The Morgan fingerprint density at radius 2 is 1.75 bits per heavy atom. The number of carbonyl (C=O) groups excluding carboxylic acids is 4. The molecule has 2 aliphatic carbocycles. The molecule has 2 aliphatic rings. The minimum Gasteiger partial charge on any atom is -0.427 e. The van der Waals surface area contributed by atoms with Gasteiger partial charge in [-0.25, -0.2) is 19.2 Å². The maximum atomic E-state index is 13.6. The Hall–Kier alpha value is -4.52. The monoisotopic (exact) mass is 549 g/mol. The number of hydrogen-bond donors (Lipinski definition) is 3. The molecule has 1 unspecified atom stereocenters. The molecule has 0 aliphatic heterocycles. The zero-order chi connectivity index (χ0) is 28.6. The van der Waals surface area contributed by atoms with Gasteiger partial charge in [0.1, 0.15) is 17.9 Å². The summed E-state index contributed by atoms with van der Waals surface area (Å²) in [6, 6.07) is 4.35. The number of nitrogens with one attached hydrogen (secondary N) is 2. The molecule has 13 heteroatoms. The quantitative estimate of drug-likeness (QED) is 0.267. The van der Waals surface area contributed by atoms with Gasteiger partial charge >= 0.3 is 12.1 Å². The van der Waals surface area contributed by atoms with Gasteiger partial charge in [0.15, 0.2) is 5.82 Å². The fourth-order valence-electron chi connectivity index (χ4n) is 4.15. The number of esters is 1. The summed E-state index contributed by atoms with van der Waals surface area (Å²) in [6.45, 7) is 4.27. The van der Waals surface area contributed by atoms with Crippen molar-refractivity contribution in [1.29, 1.82) is 0 Å². The number of rotatable bonds is 9. The SMILES string of the molecule is Cc1ccc(C(=O)NC2CC2)cc1N(C(=O)OCOC(=O)C(C)N)c1ncnn2cc(C(=O)NC3CC3)c(C)c12. The number of amides is 3. The van der Waals surface area contributed by atoms with Gasteiger partial charge in [-0.1, -0.05) is 6.07 Å². The first-order valence-corrected chi connectivity index (χ1v) is 13.1. The summed E-state index contributed by atoms with van der Waals surface area (Å²) in [4.78, 5) is 56.7. The van der Waals surface area contributed by atoms with Crippen LogP contribution in [0.25, 0.3) is 5.52 Å². The van der Waals surface area contributed by atoms with Crippen LogP contribution in [0.2, 0.25) is 0 Å². The van der Waals surface area contributed by atoms with E-state index in [0.29, 0.717) is 33.5 Å². The lowest BCUT2D eigenvalue weighted by molar-refractivity contribution is -0.152. The molecule has 0 saturated heterocycles. The first-order valence-electron chi connectivity index (χ1n) is 13.1. The number of aromatic nitrogens is 3. The zero-order valence-corrected chi connectivity index (χ0v) is 22.5. The van der Waals surface area contributed by atoms with Crippen molar-refractivity contribution in [1.82, 2.24) is 25.2 Å². The lowest BCUT2D eigenvalue weighted by Crippen LogP contribution is -2.33. The molecule has 1 aromatic carbocycles. The molecule has 13 nitrogen and oxygen atoms in total. The second-order valence-corrected chi connectivity index (χ2v) is 10.2. The molecule has 210 valence electrons.